The standard InChI is InChI=1S/C47H31N3S2/c1-48-44(30-24-25-32-29(26-30)23-22-28-12-2-3-13-31(28)32)42-36-17-7-11-21-40(36)52-47(42)49-27-50-38-19-9-6-16-35(38)41-33-14-4-5-15-34(33)46-43(45(41)50)37-18-8-10-20-39(37)51-46/h2-8,10-18,20-26H,1,9,19,27H2/b44-42-,49-47+. The average molecular weight is 702 g/mol. The first-order valence-electron chi connectivity index (χ1n) is 17.8. The zero-order valence-electron chi connectivity index (χ0n) is 28.3. The van der Waals surface area contributed by atoms with Gasteiger partial charge >= 0.3 is 0 Å². The molecule has 1 aliphatic heterocycles. The Morgan fingerprint density at radius 2 is 1.46 bits per heavy atom. The number of aromatic nitrogens is 1. The summed E-state index contributed by atoms with van der Waals surface area (Å²) in [5.41, 5.74) is 8.12. The molecule has 0 saturated heterocycles. The van der Waals surface area contributed by atoms with Crippen molar-refractivity contribution in [3.63, 3.8) is 0 Å². The summed E-state index contributed by atoms with van der Waals surface area (Å²) in [5.74, 6) is 0. The molecule has 2 aromatic heterocycles. The van der Waals surface area contributed by atoms with Crippen molar-refractivity contribution >= 4 is 116 Å². The van der Waals surface area contributed by atoms with Crippen molar-refractivity contribution in [1.82, 2.24) is 4.57 Å². The molecule has 0 bridgehead atoms. The highest BCUT2D eigenvalue weighted by atomic mass is 32.2. The summed E-state index contributed by atoms with van der Waals surface area (Å²) < 4.78 is 5.20. The first kappa shape index (κ1) is 29.9. The third-order valence-corrected chi connectivity index (χ3v) is 13.2. The molecule has 9 aromatic rings. The quantitative estimate of drug-likeness (QED) is 0.133. The Hall–Kier alpha value is -5.75. The van der Waals surface area contributed by atoms with Gasteiger partial charge in [-0.25, -0.2) is 0 Å². The van der Waals surface area contributed by atoms with E-state index in [-0.39, 0.29) is 0 Å². The van der Waals surface area contributed by atoms with Gasteiger partial charge in [-0.2, -0.15) is 0 Å². The van der Waals surface area contributed by atoms with Crippen LogP contribution in [0.4, 0.5) is 0 Å². The minimum absolute atomic E-state index is 0.519. The third kappa shape index (κ3) is 4.33. The molecule has 0 atom stereocenters. The average Bonchev–Trinajstić information content (AvgIpc) is 3.87. The molecule has 2 aliphatic rings. The summed E-state index contributed by atoms with van der Waals surface area (Å²) in [6.45, 7) is 4.65. The van der Waals surface area contributed by atoms with Crippen molar-refractivity contribution in [2.24, 2.45) is 9.98 Å². The number of thioether (sulfide) groups is 1. The molecule has 3 nitrogen and oxygen atoms in total. The van der Waals surface area contributed by atoms with Gasteiger partial charge in [-0.05, 0) is 64.7 Å². The Kier molecular flexibility index (Phi) is 6.70. The molecular weight excluding hydrogens is 671 g/mol. The van der Waals surface area contributed by atoms with Crippen LogP contribution in [0, 0.1) is 0 Å². The van der Waals surface area contributed by atoms with Gasteiger partial charge in [-0.15, -0.1) is 11.3 Å². The predicted molar refractivity (Wildman–Crippen MR) is 227 cm³/mol. The number of nitrogens with zero attached hydrogens (tertiary/aromatic N) is 3. The van der Waals surface area contributed by atoms with Gasteiger partial charge in [0, 0.05) is 63.8 Å². The van der Waals surface area contributed by atoms with Gasteiger partial charge in [0.2, 0.25) is 0 Å². The van der Waals surface area contributed by atoms with Gasteiger partial charge < -0.3 is 4.57 Å². The van der Waals surface area contributed by atoms with Gasteiger partial charge in [-0.3, -0.25) is 9.98 Å². The first-order chi connectivity index (χ1) is 25.8. The van der Waals surface area contributed by atoms with E-state index in [0.717, 1.165) is 40.3 Å². The van der Waals surface area contributed by atoms with Gasteiger partial charge in [-0.1, -0.05) is 133 Å². The van der Waals surface area contributed by atoms with Crippen LogP contribution in [0.5, 0.6) is 0 Å². The normalized spacial score (nSPS) is 15.8. The fourth-order valence-electron chi connectivity index (χ4n) is 8.60. The molecule has 0 saturated carbocycles. The number of benzene rings is 7. The van der Waals surface area contributed by atoms with Crippen LogP contribution in [-0.2, 0) is 13.1 Å². The van der Waals surface area contributed by atoms with Crippen LogP contribution in [0.2, 0.25) is 0 Å². The van der Waals surface area contributed by atoms with E-state index in [1.807, 2.05) is 11.3 Å². The predicted octanol–water partition coefficient (Wildman–Crippen LogP) is 13.2. The molecule has 0 spiro atoms. The number of rotatable bonds is 4. The lowest BCUT2D eigenvalue weighted by molar-refractivity contribution is 0.711. The van der Waals surface area contributed by atoms with Crippen molar-refractivity contribution in [3.8, 4) is 0 Å². The second-order valence-electron chi connectivity index (χ2n) is 13.6. The molecule has 0 radical (unpaired) electrons. The largest absolute Gasteiger partial charge is 0.323 e. The summed E-state index contributed by atoms with van der Waals surface area (Å²) >= 11 is 3.65. The highest BCUT2D eigenvalue weighted by Crippen LogP contribution is 2.49. The minimum atomic E-state index is 0.519. The van der Waals surface area contributed by atoms with Gasteiger partial charge in [0.1, 0.15) is 11.7 Å². The van der Waals surface area contributed by atoms with Crippen molar-refractivity contribution in [3.05, 3.63) is 156 Å². The topological polar surface area (TPSA) is 29.6 Å². The monoisotopic (exact) mass is 701 g/mol. The van der Waals surface area contributed by atoms with Crippen LogP contribution in [0.25, 0.3) is 80.7 Å². The molecular formula is C47H31N3S2. The number of hydrogen-bond acceptors (Lipinski definition) is 4. The van der Waals surface area contributed by atoms with E-state index in [1.165, 1.54) is 79.5 Å². The molecule has 52 heavy (non-hydrogen) atoms. The van der Waals surface area contributed by atoms with Crippen LogP contribution in [0.15, 0.2) is 148 Å². The van der Waals surface area contributed by atoms with Gasteiger partial charge in [0.25, 0.3) is 0 Å². The van der Waals surface area contributed by atoms with E-state index in [2.05, 4.69) is 151 Å². The van der Waals surface area contributed by atoms with Crippen LogP contribution in [0.3, 0.4) is 0 Å². The van der Waals surface area contributed by atoms with Crippen LogP contribution < -0.4 is 0 Å². The lowest BCUT2D eigenvalue weighted by atomic mass is 9.96. The van der Waals surface area contributed by atoms with E-state index in [9.17, 15) is 0 Å². The number of thiophene rings is 1. The fourth-order valence-corrected chi connectivity index (χ4v) is 10.9. The number of fused-ring (bicyclic) bond motifs is 14. The Balaban J connectivity index is 1.15. The SMILES string of the molecule is C=N/C(=C1\C(=N/Cn2c3c(c4c5ccccc5c5sc6ccccc6c5c42)C=CCC3)Sc2ccccc21)c1ccc2c(ccc3ccccc32)c1. The summed E-state index contributed by atoms with van der Waals surface area (Å²) in [6, 6.07) is 46.1. The molecule has 0 unspecified atom stereocenters. The van der Waals surface area contributed by atoms with Crippen LogP contribution >= 0.6 is 23.1 Å². The molecule has 7 aromatic carbocycles. The molecule has 5 heteroatoms. The maximum atomic E-state index is 5.55. The smallest absolute Gasteiger partial charge is 0.116 e. The summed E-state index contributed by atoms with van der Waals surface area (Å²) in [5, 5.41) is 12.6. The molecule has 3 heterocycles. The number of allylic oxidation sites excluding steroid dienone is 1. The number of hydrogen-bond donors (Lipinski definition) is 0. The minimum Gasteiger partial charge on any atom is -0.323 e. The summed E-state index contributed by atoms with van der Waals surface area (Å²) in [7, 11) is 0. The maximum absolute atomic E-state index is 5.55. The second-order valence-corrected chi connectivity index (χ2v) is 15.7. The van der Waals surface area contributed by atoms with Gasteiger partial charge in [0.15, 0.2) is 0 Å². The second kappa shape index (κ2) is 11.6. The lowest BCUT2D eigenvalue weighted by Gasteiger charge is -2.13. The lowest BCUT2D eigenvalue weighted by Crippen LogP contribution is -2.06. The molecule has 0 amide bonds. The van der Waals surface area contributed by atoms with Crippen LogP contribution in [0.1, 0.15) is 28.8 Å². The zero-order chi connectivity index (χ0) is 34.3. The molecule has 1 aliphatic carbocycles. The van der Waals surface area contributed by atoms with Gasteiger partial charge in [0.05, 0.1) is 11.2 Å². The zero-order valence-corrected chi connectivity index (χ0v) is 29.9. The molecule has 11 rings (SSSR count). The Bertz CT molecular complexity index is 3100. The highest BCUT2D eigenvalue weighted by Gasteiger charge is 2.29. The number of aliphatic imine (C=N–C) groups is 2. The van der Waals surface area contributed by atoms with Crippen LogP contribution in [-0.4, -0.2) is 16.3 Å². The Labute approximate surface area is 309 Å². The summed E-state index contributed by atoms with van der Waals surface area (Å²) in [4.78, 5) is 11.5. The first-order valence-corrected chi connectivity index (χ1v) is 19.4. The van der Waals surface area contributed by atoms with E-state index >= 15 is 0 Å². The third-order valence-electron chi connectivity index (χ3n) is 10.9. The van der Waals surface area contributed by atoms with Crippen molar-refractivity contribution in [2.45, 2.75) is 24.4 Å². The van der Waals surface area contributed by atoms with E-state index in [4.69, 9.17) is 9.98 Å². The van der Waals surface area contributed by atoms with E-state index < -0.39 is 0 Å². The van der Waals surface area contributed by atoms with Crippen molar-refractivity contribution in [1.29, 1.82) is 0 Å². The maximum Gasteiger partial charge on any atom is 0.116 e. The van der Waals surface area contributed by atoms with Crippen molar-refractivity contribution in [2.75, 3.05) is 0 Å². The molecule has 0 fully saturated rings. The fraction of sp³-hybridized carbons (Fsp3) is 0.0638. The van der Waals surface area contributed by atoms with E-state index in [0.29, 0.717) is 6.67 Å². The Morgan fingerprint density at radius 3 is 2.37 bits per heavy atom. The van der Waals surface area contributed by atoms with E-state index in [1.54, 1.807) is 11.8 Å². The summed E-state index contributed by atoms with van der Waals surface area (Å²) in [6.07, 6.45) is 6.70. The Morgan fingerprint density at radius 1 is 0.712 bits per heavy atom. The molecule has 246 valence electrons. The molecule has 0 N–H and O–H groups in total. The van der Waals surface area contributed by atoms with Crippen molar-refractivity contribution < 1.29 is 0 Å². The highest BCUT2D eigenvalue weighted by molar-refractivity contribution is 8.15.